The minimum atomic E-state index is -0.515. The van der Waals surface area contributed by atoms with Crippen molar-refractivity contribution in [2.45, 2.75) is 52.0 Å². The van der Waals surface area contributed by atoms with Crippen molar-refractivity contribution in [3.05, 3.63) is 32.6 Å². The van der Waals surface area contributed by atoms with Crippen LogP contribution in [0.3, 0.4) is 0 Å². The van der Waals surface area contributed by atoms with Crippen molar-refractivity contribution < 1.29 is 14.4 Å². The fourth-order valence-corrected chi connectivity index (χ4v) is 2.36. The van der Waals surface area contributed by atoms with Crippen molar-refractivity contribution in [1.29, 1.82) is 0 Å². The zero-order chi connectivity index (χ0) is 15.6. The van der Waals surface area contributed by atoms with Crippen molar-refractivity contribution in [1.82, 2.24) is 15.0 Å². The van der Waals surface area contributed by atoms with E-state index in [9.17, 15) is 14.4 Å². The summed E-state index contributed by atoms with van der Waals surface area (Å²) in [5.41, 5.74) is 2.18. The van der Waals surface area contributed by atoms with Gasteiger partial charge in [0, 0.05) is 25.1 Å². The van der Waals surface area contributed by atoms with E-state index in [2.05, 4.69) is 10.5 Å². The Morgan fingerprint density at radius 3 is 2.90 bits per heavy atom. The predicted molar refractivity (Wildman–Crippen MR) is 73.6 cm³/mol. The highest BCUT2D eigenvalue weighted by molar-refractivity contribution is 5.65. The molecule has 0 unspecified atom stereocenters. The molecule has 0 amide bonds. The maximum atomic E-state index is 11.9. The Hall–Kier alpha value is -1.93. The van der Waals surface area contributed by atoms with E-state index in [0.717, 1.165) is 0 Å². The number of nitrogens with zero attached hydrogens (tertiary/aromatic N) is 1. The van der Waals surface area contributed by atoms with Gasteiger partial charge in [-0.25, -0.2) is 4.79 Å². The number of carbonyl (C=O) groups excluding carboxylic acids is 1. The standard InChI is InChI=1S/C13H19N3O5/c1-4-10-9(15-21-8(3)17)5-11(20-10)16-6-7(2)12(18)14-13(16)19/h6,9-11,15H,4-5H2,1-3H3,(H,14,18,19)/t9-,10+,11+/m0/s1. The first-order valence-corrected chi connectivity index (χ1v) is 6.82. The fraction of sp³-hybridized carbons (Fsp3) is 0.615. The van der Waals surface area contributed by atoms with Gasteiger partial charge >= 0.3 is 11.7 Å². The number of ether oxygens (including phenoxy) is 1. The topological polar surface area (TPSA) is 102 Å². The van der Waals surface area contributed by atoms with E-state index in [4.69, 9.17) is 9.57 Å². The van der Waals surface area contributed by atoms with Gasteiger partial charge in [0.05, 0.1) is 12.1 Å². The van der Waals surface area contributed by atoms with E-state index >= 15 is 0 Å². The Balaban J connectivity index is 2.19. The summed E-state index contributed by atoms with van der Waals surface area (Å²) in [4.78, 5) is 41.2. The monoisotopic (exact) mass is 297 g/mol. The SMILES string of the molecule is CC[C@H]1O[C@@H](n2cc(C)c(=O)[nH]c2=O)C[C@@H]1NOC(C)=O. The summed E-state index contributed by atoms with van der Waals surface area (Å²) in [5, 5.41) is 0. The van der Waals surface area contributed by atoms with Gasteiger partial charge in [-0.2, -0.15) is 0 Å². The summed E-state index contributed by atoms with van der Waals surface area (Å²) < 4.78 is 7.16. The molecular formula is C13H19N3O5. The molecule has 1 aliphatic heterocycles. The average Bonchev–Trinajstić information content (AvgIpc) is 2.83. The zero-order valence-electron chi connectivity index (χ0n) is 12.2. The Kier molecular flexibility index (Phi) is 4.59. The molecule has 8 heteroatoms. The van der Waals surface area contributed by atoms with Crippen LogP contribution in [0, 0.1) is 6.92 Å². The second-order valence-electron chi connectivity index (χ2n) is 5.07. The van der Waals surface area contributed by atoms with Crippen LogP contribution >= 0.6 is 0 Å². The summed E-state index contributed by atoms with van der Waals surface area (Å²) in [6.45, 7) is 4.86. The van der Waals surface area contributed by atoms with Gasteiger partial charge in [-0.1, -0.05) is 6.92 Å². The highest BCUT2D eigenvalue weighted by atomic mass is 16.7. The number of hydrogen-bond acceptors (Lipinski definition) is 6. The van der Waals surface area contributed by atoms with Crippen LogP contribution in [-0.2, 0) is 14.4 Å². The van der Waals surface area contributed by atoms with Crippen molar-refractivity contribution in [2.75, 3.05) is 0 Å². The largest absolute Gasteiger partial charge is 0.371 e. The summed E-state index contributed by atoms with van der Waals surface area (Å²) in [7, 11) is 0. The molecule has 1 aromatic heterocycles. The third-order valence-corrected chi connectivity index (χ3v) is 3.45. The highest BCUT2D eigenvalue weighted by Crippen LogP contribution is 2.29. The van der Waals surface area contributed by atoms with Gasteiger partial charge in [0.1, 0.15) is 6.23 Å². The van der Waals surface area contributed by atoms with Gasteiger partial charge < -0.3 is 9.57 Å². The van der Waals surface area contributed by atoms with E-state index in [1.165, 1.54) is 17.7 Å². The van der Waals surface area contributed by atoms with Crippen LogP contribution in [0.15, 0.2) is 15.8 Å². The Morgan fingerprint density at radius 1 is 1.57 bits per heavy atom. The molecule has 0 aromatic carbocycles. The van der Waals surface area contributed by atoms with Crippen LogP contribution < -0.4 is 16.7 Å². The van der Waals surface area contributed by atoms with Gasteiger partial charge in [-0.3, -0.25) is 19.1 Å². The summed E-state index contributed by atoms with van der Waals surface area (Å²) in [6, 6.07) is -0.206. The van der Waals surface area contributed by atoms with Crippen molar-refractivity contribution in [3.8, 4) is 0 Å². The molecule has 0 radical (unpaired) electrons. The van der Waals surface area contributed by atoms with Gasteiger partial charge in [0.15, 0.2) is 0 Å². The van der Waals surface area contributed by atoms with E-state index < -0.39 is 23.4 Å². The molecule has 1 fully saturated rings. The fourth-order valence-electron chi connectivity index (χ4n) is 2.36. The molecule has 2 heterocycles. The molecule has 0 bridgehead atoms. The van der Waals surface area contributed by atoms with Crippen LogP contribution in [-0.4, -0.2) is 27.7 Å². The molecule has 21 heavy (non-hydrogen) atoms. The Bertz CT molecular complexity index is 635. The number of aromatic amines is 1. The number of aromatic nitrogens is 2. The summed E-state index contributed by atoms with van der Waals surface area (Å²) >= 11 is 0. The first kappa shape index (κ1) is 15.5. The van der Waals surface area contributed by atoms with Gasteiger partial charge in [-0.05, 0) is 13.3 Å². The molecule has 1 saturated heterocycles. The second kappa shape index (κ2) is 6.23. The van der Waals surface area contributed by atoms with E-state index in [1.807, 2.05) is 6.92 Å². The number of nitrogens with one attached hydrogen (secondary N) is 2. The smallest absolute Gasteiger partial charge is 0.330 e. The lowest BCUT2D eigenvalue weighted by atomic mass is 10.1. The van der Waals surface area contributed by atoms with Crippen LogP contribution in [0.5, 0.6) is 0 Å². The molecule has 2 rings (SSSR count). The predicted octanol–water partition coefficient (Wildman–Crippen LogP) is -0.0212. The Labute approximate surface area is 121 Å². The minimum absolute atomic E-state index is 0.187. The third-order valence-electron chi connectivity index (χ3n) is 3.45. The number of rotatable bonds is 4. The lowest BCUT2D eigenvalue weighted by molar-refractivity contribution is -0.151. The molecule has 2 N–H and O–H groups in total. The number of H-pyrrole nitrogens is 1. The van der Waals surface area contributed by atoms with Gasteiger partial charge in [0.2, 0.25) is 0 Å². The number of carbonyl (C=O) groups is 1. The summed E-state index contributed by atoms with van der Waals surface area (Å²) in [6.07, 6.45) is 1.94. The summed E-state index contributed by atoms with van der Waals surface area (Å²) in [5.74, 6) is -0.439. The van der Waals surface area contributed by atoms with Crippen LogP contribution in [0.4, 0.5) is 0 Å². The average molecular weight is 297 g/mol. The second-order valence-corrected chi connectivity index (χ2v) is 5.07. The number of aryl methyl sites for hydroxylation is 1. The van der Waals surface area contributed by atoms with Gasteiger partial charge in [-0.15, -0.1) is 5.48 Å². The van der Waals surface area contributed by atoms with Crippen LogP contribution in [0.2, 0.25) is 0 Å². The molecule has 0 spiro atoms. The molecule has 1 aromatic rings. The first-order valence-electron chi connectivity index (χ1n) is 6.82. The maximum Gasteiger partial charge on any atom is 0.330 e. The maximum absolute atomic E-state index is 11.9. The van der Waals surface area contributed by atoms with E-state index in [1.54, 1.807) is 6.92 Å². The number of hydrogen-bond donors (Lipinski definition) is 2. The normalized spacial score (nSPS) is 25.0. The third kappa shape index (κ3) is 3.40. The molecule has 1 aliphatic rings. The van der Waals surface area contributed by atoms with Crippen molar-refractivity contribution >= 4 is 5.97 Å². The lowest BCUT2D eigenvalue weighted by Gasteiger charge is -2.16. The molecule has 116 valence electrons. The molecule has 0 aliphatic carbocycles. The van der Waals surface area contributed by atoms with E-state index in [0.29, 0.717) is 18.4 Å². The zero-order valence-corrected chi connectivity index (χ0v) is 12.2. The quantitative estimate of drug-likeness (QED) is 0.757. The highest BCUT2D eigenvalue weighted by Gasteiger charge is 2.36. The molecule has 8 nitrogen and oxygen atoms in total. The van der Waals surface area contributed by atoms with Crippen molar-refractivity contribution in [2.24, 2.45) is 0 Å². The lowest BCUT2D eigenvalue weighted by Crippen LogP contribution is -2.37. The van der Waals surface area contributed by atoms with Crippen molar-refractivity contribution in [3.63, 3.8) is 0 Å². The number of hydroxylamine groups is 1. The molecule has 3 atom stereocenters. The minimum Gasteiger partial charge on any atom is -0.371 e. The first-order chi connectivity index (χ1) is 9.92. The Morgan fingerprint density at radius 2 is 2.29 bits per heavy atom. The van der Waals surface area contributed by atoms with Crippen LogP contribution in [0.1, 0.15) is 38.5 Å². The molecule has 0 saturated carbocycles. The van der Waals surface area contributed by atoms with Crippen LogP contribution in [0.25, 0.3) is 0 Å². The molecular weight excluding hydrogens is 278 g/mol. The van der Waals surface area contributed by atoms with E-state index in [-0.39, 0.29) is 12.1 Å². The van der Waals surface area contributed by atoms with Gasteiger partial charge in [0.25, 0.3) is 5.56 Å².